The Bertz CT molecular complexity index is 730. The van der Waals surface area contributed by atoms with Crippen LogP contribution < -0.4 is 10.9 Å². The number of para-hydroxylation sites is 2. The summed E-state index contributed by atoms with van der Waals surface area (Å²) >= 11 is 0. The fraction of sp³-hybridized carbons (Fsp3) is 0.500. The SMILES string of the molecule is O=C(CCc1nc2ccccc2[nH]c1=O)NC1CCCCCC1. The van der Waals surface area contributed by atoms with Crippen LogP contribution in [0.25, 0.3) is 11.0 Å². The van der Waals surface area contributed by atoms with Crippen molar-refractivity contribution in [1.82, 2.24) is 15.3 Å². The topological polar surface area (TPSA) is 74.8 Å². The van der Waals surface area contributed by atoms with Crippen molar-refractivity contribution < 1.29 is 4.79 Å². The maximum Gasteiger partial charge on any atom is 0.270 e. The highest BCUT2D eigenvalue weighted by Crippen LogP contribution is 2.17. The van der Waals surface area contributed by atoms with E-state index < -0.39 is 0 Å². The molecule has 0 spiro atoms. The average molecular weight is 313 g/mol. The molecule has 1 saturated carbocycles. The van der Waals surface area contributed by atoms with Crippen molar-refractivity contribution in [3.8, 4) is 0 Å². The number of aryl methyl sites for hydroxylation is 1. The zero-order chi connectivity index (χ0) is 16.1. The van der Waals surface area contributed by atoms with Gasteiger partial charge >= 0.3 is 0 Å². The summed E-state index contributed by atoms with van der Waals surface area (Å²) in [4.78, 5) is 31.4. The lowest BCUT2D eigenvalue weighted by Gasteiger charge is -2.16. The van der Waals surface area contributed by atoms with E-state index in [9.17, 15) is 9.59 Å². The molecule has 2 N–H and O–H groups in total. The molecule has 5 heteroatoms. The molecule has 0 saturated heterocycles. The molecule has 0 bridgehead atoms. The van der Waals surface area contributed by atoms with Crippen LogP contribution in [0.3, 0.4) is 0 Å². The number of carbonyl (C=O) groups is 1. The summed E-state index contributed by atoms with van der Waals surface area (Å²) in [6.07, 6.45) is 7.74. The summed E-state index contributed by atoms with van der Waals surface area (Å²) < 4.78 is 0. The highest BCUT2D eigenvalue weighted by atomic mass is 16.1. The molecule has 0 radical (unpaired) electrons. The quantitative estimate of drug-likeness (QED) is 0.852. The van der Waals surface area contributed by atoms with E-state index in [1.807, 2.05) is 24.3 Å². The molecule has 23 heavy (non-hydrogen) atoms. The van der Waals surface area contributed by atoms with Gasteiger partial charge in [0.15, 0.2) is 0 Å². The maximum absolute atomic E-state index is 12.1. The molecule has 1 aromatic heterocycles. The van der Waals surface area contributed by atoms with E-state index in [1.54, 1.807) is 0 Å². The number of rotatable bonds is 4. The minimum absolute atomic E-state index is 0.0197. The van der Waals surface area contributed by atoms with Crippen molar-refractivity contribution in [2.24, 2.45) is 0 Å². The Labute approximate surface area is 135 Å². The number of benzene rings is 1. The predicted molar refractivity (Wildman–Crippen MR) is 90.3 cm³/mol. The molecule has 3 rings (SSSR count). The van der Waals surface area contributed by atoms with Gasteiger partial charge in [-0.25, -0.2) is 4.98 Å². The van der Waals surface area contributed by atoms with Gasteiger partial charge in [0.1, 0.15) is 5.69 Å². The van der Waals surface area contributed by atoms with E-state index in [4.69, 9.17) is 0 Å². The second kappa shape index (κ2) is 7.40. The number of amides is 1. The molecule has 122 valence electrons. The summed E-state index contributed by atoms with van der Waals surface area (Å²) in [5, 5.41) is 3.11. The van der Waals surface area contributed by atoms with Crippen molar-refractivity contribution >= 4 is 16.9 Å². The van der Waals surface area contributed by atoms with Gasteiger partial charge in [-0.15, -0.1) is 0 Å². The first-order valence-electron chi connectivity index (χ1n) is 8.50. The molecule has 1 fully saturated rings. The van der Waals surface area contributed by atoms with Gasteiger partial charge in [0.05, 0.1) is 11.0 Å². The molecule has 1 heterocycles. The first-order chi connectivity index (χ1) is 11.2. The summed E-state index contributed by atoms with van der Waals surface area (Å²) in [5.41, 5.74) is 1.71. The first kappa shape index (κ1) is 15.7. The van der Waals surface area contributed by atoms with Crippen LogP contribution in [0.4, 0.5) is 0 Å². The maximum atomic E-state index is 12.1. The number of hydrogen-bond donors (Lipinski definition) is 2. The number of aromatic nitrogens is 2. The summed E-state index contributed by atoms with van der Waals surface area (Å²) in [7, 11) is 0. The third-order valence-electron chi connectivity index (χ3n) is 4.48. The summed E-state index contributed by atoms with van der Waals surface area (Å²) in [5.74, 6) is 0.0197. The van der Waals surface area contributed by atoms with Crippen LogP contribution in [-0.4, -0.2) is 21.9 Å². The number of hydrogen-bond acceptors (Lipinski definition) is 3. The first-order valence-corrected chi connectivity index (χ1v) is 8.50. The molecule has 1 aliphatic carbocycles. The predicted octanol–water partition coefficient (Wildman–Crippen LogP) is 2.69. The molecule has 5 nitrogen and oxygen atoms in total. The van der Waals surface area contributed by atoms with Crippen LogP contribution in [0.5, 0.6) is 0 Å². The Hall–Kier alpha value is -2.17. The monoisotopic (exact) mass is 313 g/mol. The molecule has 0 atom stereocenters. The smallest absolute Gasteiger partial charge is 0.270 e. The normalized spacial score (nSPS) is 16.2. The van der Waals surface area contributed by atoms with E-state index in [2.05, 4.69) is 15.3 Å². The second-order valence-electron chi connectivity index (χ2n) is 6.29. The van der Waals surface area contributed by atoms with Crippen LogP contribution in [-0.2, 0) is 11.2 Å². The molecule has 1 aromatic carbocycles. The Morgan fingerprint density at radius 1 is 1.17 bits per heavy atom. The number of H-pyrrole nitrogens is 1. The van der Waals surface area contributed by atoms with Gasteiger partial charge in [-0.3, -0.25) is 9.59 Å². The molecule has 1 amide bonds. The van der Waals surface area contributed by atoms with Gasteiger partial charge in [0, 0.05) is 18.9 Å². The standard InChI is InChI=1S/C18H23N3O2/c22-17(19-13-7-3-1-2-4-8-13)12-11-16-18(23)21-15-10-6-5-9-14(15)20-16/h5-6,9-10,13H,1-4,7-8,11-12H2,(H,19,22)(H,21,23). The molecule has 0 aliphatic heterocycles. The van der Waals surface area contributed by atoms with Gasteiger partial charge in [0.25, 0.3) is 5.56 Å². The molecular weight excluding hydrogens is 290 g/mol. The van der Waals surface area contributed by atoms with E-state index >= 15 is 0 Å². The van der Waals surface area contributed by atoms with Crippen LogP contribution in [0.15, 0.2) is 29.1 Å². The van der Waals surface area contributed by atoms with Crippen LogP contribution in [0, 0.1) is 0 Å². The summed E-state index contributed by atoms with van der Waals surface area (Å²) in [6.45, 7) is 0. The highest BCUT2D eigenvalue weighted by Gasteiger charge is 2.15. The van der Waals surface area contributed by atoms with Gasteiger partial charge in [0.2, 0.25) is 5.91 Å². The number of carbonyl (C=O) groups excluding carboxylic acids is 1. The van der Waals surface area contributed by atoms with Gasteiger partial charge in [-0.05, 0) is 25.0 Å². The van der Waals surface area contributed by atoms with Crippen molar-refractivity contribution in [3.63, 3.8) is 0 Å². The summed E-state index contributed by atoms with van der Waals surface area (Å²) in [6, 6.07) is 7.73. The Balaban J connectivity index is 1.60. The minimum Gasteiger partial charge on any atom is -0.353 e. The van der Waals surface area contributed by atoms with Gasteiger partial charge < -0.3 is 10.3 Å². The fourth-order valence-corrected chi connectivity index (χ4v) is 3.19. The molecule has 2 aromatic rings. The Morgan fingerprint density at radius 2 is 1.91 bits per heavy atom. The molecule has 0 unspecified atom stereocenters. The third kappa shape index (κ3) is 4.18. The average Bonchev–Trinajstić information content (AvgIpc) is 2.81. The van der Waals surface area contributed by atoms with Gasteiger partial charge in [-0.1, -0.05) is 37.8 Å². The Kier molecular flexibility index (Phi) is 5.05. The van der Waals surface area contributed by atoms with E-state index in [0.29, 0.717) is 24.6 Å². The zero-order valence-corrected chi connectivity index (χ0v) is 13.3. The van der Waals surface area contributed by atoms with Crippen molar-refractivity contribution in [1.29, 1.82) is 0 Å². The minimum atomic E-state index is -0.203. The zero-order valence-electron chi connectivity index (χ0n) is 13.3. The lowest BCUT2D eigenvalue weighted by molar-refractivity contribution is -0.121. The van der Waals surface area contributed by atoms with E-state index in [0.717, 1.165) is 23.9 Å². The number of aromatic amines is 1. The molecular formula is C18H23N3O2. The number of fused-ring (bicyclic) bond motifs is 1. The largest absolute Gasteiger partial charge is 0.353 e. The lowest BCUT2D eigenvalue weighted by atomic mass is 10.1. The van der Waals surface area contributed by atoms with Crippen molar-refractivity contribution in [3.05, 3.63) is 40.3 Å². The fourth-order valence-electron chi connectivity index (χ4n) is 3.19. The van der Waals surface area contributed by atoms with Crippen LogP contribution in [0.1, 0.15) is 50.6 Å². The Morgan fingerprint density at radius 3 is 2.70 bits per heavy atom. The van der Waals surface area contributed by atoms with Crippen molar-refractivity contribution in [2.75, 3.05) is 0 Å². The number of nitrogens with one attached hydrogen (secondary N) is 2. The third-order valence-corrected chi connectivity index (χ3v) is 4.48. The number of nitrogens with zero attached hydrogens (tertiary/aromatic N) is 1. The van der Waals surface area contributed by atoms with Crippen LogP contribution >= 0.6 is 0 Å². The highest BCUT2D eigenvalue weighted by molar-refractivity contribution is 5.77. The van der Waals surface area contributed by atoms with Gasteiger partial charge in [-0.2, -0.15) is 0 Å². The van der Waals surface area contributed by atoms with Crippen LogP contribution in [0.2, 0.25) is 0 Å². The van der Waals surface area contributed by atoms with E-state index in [1.165, 1.54) is 25.7 Å². The van der Waals surface area contributed by atoms with E-state index in [-0.39, 0.29) is 11.5 Å². The second-order valence-corrected chi connectivity index (χ2v) is 6.29. The molecule has 1 aliphatic rings. The van der Waals surface area contributed by atoms with Crippen molar-refractivity contribution in [2.45, 2.75) is 57.4 Å². The lowest BCUT2D eigenvalue weighted by Crippen LogP contribution is -2.34.